The van der Waals surface area contributed by atoms with Gasteiger partial charge in [-0.3, -0.25) is 16.9 Å². The molecule has 5 nitrogen and oxygen atoms in total. The maximum atomic E-state index is 5.47. The molecule has 5 N–H and O–H groups in total. The van der Waals surface area contributed by atoms with Gasteiger partial charge in [-0.15, -0.1) is 11.3 Å². The fourth-order valence-electron chi connectivity index (χ4n) is 3.00. The summed E-state index contributed by atoms with van der Waals surface area (Å²) >= 11 is 1.64. The van der Waals surface area contributed by atoms with Crippen LogP contribution in [0.1, 0.15) is 48.7 Å². The van der Waals surface area contributed by atoms with E-state index < -0.39 is 6.29 Å². The van der Waals surface area contributed by atoms with Crippen LogP contribution in [-0.2, 0) is 0 Å². The van der Waals surface area contributed by atoms with Gasteiger partial charge in [0.25, 0.3) is 0 Å². The van der Waals surface area contributed by atoms with Gasteiger partial charge in [0.15, 0.2) is 0 Å². The molecule has 0 saturated heterocycles. The molecule has 1 aliphatic carbocycles. The second-order valence-corrected chi connectivity index (χ2v) is 7.34. The molecular weight excluding hydrogens is 330 g/mol. The average Bonchev–Trinajstić information content (AvgIpc) is 3.02. The topological polar surface area (TPSA) is 89.3 Å². The highest BCUT2D eigenvalue weighted by molar-refractivity contribution is 7.17. The number of allylic oxidation sites excluding steroid dienone is 2. The molecule has 0 saturated carbocycles. The Balaban J connectivity index is 1.81. The summed E-state index contributed by atoms with van der Waals surface area (Å²) in [4.78, 5) is 5.75. The van der Waals surface area contributed by atoms with Crippen LogP contribution in [0.25, 0.3) is 16.1 Å². The predicted molar refractivity (Wildman–Crippen MR) is 106 cm³/mol. The van der Waals surface area contributed by atoms with Crippen molar-refractivity contribution in [3.8, 4) is 10.6 Å². The lowest BCUT2D eigenvalue weighted by Crippen LogP contribution is -2.42. The zero-order valence-electron chi connectivity index (χ0n) is 14.7. The van der Waals surface area contributed by atoms with Gasteiger partial charge in [-0.05, 0) is 50.7 Å². The van der Waals surface area contributed by atoms with Crippen LogP contribution in [0.4, 0.5) is 0 Å². The Kier molecular flexibility index (Phi) is 5.63. The van der Waals surface area contributed by atoms with Crippen molar-refractivity contribution < 1.29 is 0 Å². The van der Waals surface area contributed by atoms with E-state index in [9.17, 15) is 0 Å². The molecule has 0 spiro atoms. The van der Waals surface area contributed by atoms with Gasteiger partial charge < -0.3 is 0 Å². The molecule has 0 bridgehead atoms. The molecule has 0 atom stereocenters. The minimum absolute atomic E-state index is 0.663. The minimum Gasteiger partial charge on any atom is -0.298 e. The molecule has 3 rings (SSSR count). The molecule has 1 aliphatic rings. The number of nitrogens with zero attached hydrogens (tertiary/aromatic N) is 2. The molecule has 1 aromatic heterocycles. The second kappa shape index (κ2) is 7.91. The number of nitrogens with two attached hydrogens (primary N) is 2. The van der Waals surface area contributed by atoms with Gasteiger partial charge in [-0.25, -0.2) is 4.98 Å². The number of nitrogens with one attached hydrogen (secondary N) is 1. The van der Waals surface area contributed by atoms with Gasteiger partial charge in [0.2, 0.25) is 0 Å². The van der Waals surface area contributed by atoms with Gasteiger partial charge >= 0.3 is 0 Å². The third-order valence-corrected chi connectivity index (χ3v) is 5.62. The van der Waals surface area contributed by atoms with Crippen LogP contribution in [-0.4, -0.2) is 17.0 Å². The Morgan fingerprint density at radius 2 is 1.92 bits per heavy atom. The van der Waals surface area contributed by atoms with Crippen molar-refractivity contribution in [2.45, 2.75) is 45.8 Å². The van der Waals surface area contributed by atoms with Gasteiger partial charge in [0.05, 0.1) is 16.3 Å². The van der Waals surface area contributed by atoms with Crippen molar-refractivity contribution in [3.05, 3.63) is 46.5 Å². The van der Waals surface area contributed by atoms with E-state index in [-0.39, 0.29) is 0 Å². The van der Waals surface area contributed by atoms with Crippen molar-refractivity contribution in [2.24, 2.45) is 16.6 Å². The van der Waals surface area contributed by atoms with Crippen molar-refractivity contribution in [3.63, 3.8) is 0 Å². The Morgan fingerprint density at radius 3 is 2.56 bits per heavy atom. The fraction of sp³-hybridized carbons (Fsp3) is 0.368. The Hall–Kier alpha value is -2.02. The number of hydrazone groups is 1. The van der Waals surface area contributed by atoms with Crippen molar-refractivity contribution in [1.29, 1.82) is 0 Å². The van der Waals surface area contributed by atoms with Gasteiger partial charge in [-0.1, -0.05) is 30.3 Å². The maximum absolute atomic E-state index is 5.47. The maximum Gasteiger partial charge on any atom is 0.142 e. The molecule has 0 unspecified atom stereocenters. The smallest absolute Gasteiger partial charge is 0.142 e. The quantitative estimate of drug-likeness (QED) is 0.434. The van der Waals surface area contributed by atoms with Crippen LogP contribution in [0, 0.1) is 6.92 Å². The molecule has 1 aromatic carbocycles. The first kappa shape index (κ1) is 17.8. The third-order valence-electron chi connectivity index (χ3n) is 4.30. The highest BCUT2D eigenvalue weighted by Gasteiger charge is 2.13. The first-order valence-corrected chi connectivity index (χ1v) is 9.45. The van der Waals surface area contributed by atoms with Crippen LogP contribution in [0.15, 0.2) is 35.4 Å². The van der Waals surface area contributed by atoms with Gasteiger partial charge in [0, 0.05) is 5.56 Å². The molecule has 0 fully saturated rings. The number of aromatic nitrogens is 1. The van der Waals surface area contributed by atoms with Crippen molar-refractivity contribution in [2.75, 3.05) is 0 Å². The predicted octanol–water partition coefficient (Wildman–Crippen LogP) is 3.59. The minimum atomic E-state index is -0.663. The van der Waals surface area contributed by atoms with Crippen LogP contribution < -0.4 is 16.9 Å². The monoisotopic (exact) mass is 355 g/mol. The summed E-state index contributed by atoms with van der Waals surface area (Å²) in [5.74, 6) is 0. The number of rotatable bonds is 5. The summed E-state index contributed by atoms with van der Waals surface area (Å²) in [6.07, 6.45) is 6.70. The summed E-state index contributed by atoms with van der Waals surface area (Å²) in [6.45, 7) is 3.93. The van der Waals surface area contributed by atoms with Gasteiger partial charge in [0.1, 0.15) is 11.3 Å². The lowest BCUT2D eigenvalue weighted by Gasteiger charge is -2.12. The Morgan fingerprint density at radius 1 is 1.20 bits per heavy atom. The standard InChI is InChI=1S/C19H25N5S/c1-12-17(13(2)23-24-19(20)21)25-18(22-12)16-10-8-15(9-11-16)14-6-4-3-5-7-14/h6,8-11,19,24H,3-5,7,20-21H2,1-2H3/b23-13+. The molecule has 0 aliphatic heterocycles. The Bertz CT molecular complexity index is 787. The van der Waals surface area contributed by atoms with E-state index in [0.29, 0.717) is 0 Å². The first-order chi connectivity index (χ1) is 12.0. The molecule has 132 valence electrons. The molecule has 6 heteroatoms. The number of benzene rings is 1. The van der Waals surface area contributed by atoms with E-state index in [1.165, 1.54) is 36.8 Å². The van der Waals surface area contributed by atoms with Crippen molar-refractivity contribution in [1.82, 2.24) is 10.4 Å². The first-order valence-electron chi connectivity index (χ1n) is 8.63. The highest BCUT2D eigenvalue weighted by atomic mass is 32.1. The zero-order valence-corrected chi connectivity index (χ0v) is 15.6. The van der Waals surface area contributed by atoms with Crippen LogP contribution >= 0.6 is 11.3 Å². The van der Waals surface area contributed by atoms with E-state index >= 15 is 0 Å². The summed E-state index contributed by atoms with van der Waals surface area (Å²) in [5.41, 5.74) is 19.4. The zero-order chi connectivity index (χ0) is 17.8. The second-order valence-electron chi connectivity index (χ2n) is 6.34. The van der Waals surface area contributed by atoms with Crippen molar-refractivity contribution >= 4 is 22.6 Å². The molecular formula is C19H25N5S. The van der Waals surface area contributed by atoms with E-state index in [0.717, 1.165) is 26.9 Å². The number of hydrogen-bond donors (Lipinski definition) is 3. The highest BCUT2D eigenvalue weighted by Crippen LogP contribution is 2.31. The normalized spacial score (nSPS) is 15.4. The largest absolute Gasteiger partial charge is 0.298 e. The summed E-state index contributed by atoms with van der Waals surface area (Å²) in [6, 6.07) is 8.73. The van der Waals surface area contributed by atoms with Crippen LogP contribution in [0.5, 0.6) is 0 Å². The number of thiazole rings is 1. The molecule has 1 heterocycles. The van der Waals surface area contributed by atoms with E-state index in [2.05, 4.69) is 40.9 Å². The van der Waals surface area contributed by atoms with Gasteiger partial charge in [-0.2, -0.15) is 5.10 Å². The molecule has 25 heavy (non-hydrogen) atoms. The lowest BCUT2D eigenvalue weighted by atomic mass is 9.93. The fourth-order valence-corrected chi connectivity index (χ4v) is 4.02. The SMILES string of the molecule is C/C(=N\NC(N)N)c1sc(-c2ccc(C3=CCCCC3)cc2)nc1C. The average molecular weight is 356 g/mol. The number of aryl methyl sites for hydroxylation is 1. The Labute approximate surface area is 152 Å². The lowest BCUT2D eigenvalue weighted by molar-refractivity contribution is 0.571. The molecule has 2 aromatic rings. The molecule has 0 amide bonds. The van der Waals surface area contributed by atoms with Crippen LogP contribution in [0.3, 0.4) is 0 Å². The summed E-state index contributed by atoms with van der Waals surface area (Å²) in [7, 11) is 0. The summed E-state index contributed by atoms with van der Waals surface area (Å²) < 4.78 is 0. The van der Waals surface area contributed by atoms with E-state index in [1.807, 2.05) is 13.8 Å². The van der Waals surface area contributed by atoms with E-state index in [4.69, 9.17) is 16.5 Å². The summed E-state index contributed by atoms with van der Waals surface area (Å²) in [5, 5.41) is 5.22. The molecule has 0 radical (unpaired) electrons. The third kappa shape index (κ3) is 4.34. The van der Waals surface area contributed by atoms with Crippen LogP contribution in [0.2, 0.25) is 0 Å². The van der Waals surface area contributed by atoms with E-state index in [1.54, 1.807) is 11.3 Å². The number of hydrogen-bond acceptors (Lipinski definition) is 6.